The fraction of sp³-hybridized carbons (Fsp3) is 0.636. The van der Waals surface area contributed by atoms with E-state index in [-0.39, 0.29) is 12.8 Å². The van der Waals surface area contributed by atoms with Crippen LogP contribution >= 0.6 is 0 Å². The molecule has 0 bridgehead atoms. The number of carbonyl (C=O) groups is 4. The number of nitrogens with one attached hydrogen (secondary N) is 3. The lowest BCUT2D eigenvalue weighted by Gasteiger charge is -2.17. The number of likely N-dealkylation sites (N-methyl/N-ethyl adjacent to an activating group) is 1. The number of hydrogen-bond donors (Lipinski definition) is 4. The van der Waals surface area contributed by atoms with E-state index in [0.29, 0.717) is 0 Å². The molecule has 0 saturated carbocycles. The number of carboxylic acid groups (broad SMARTS) is 1. The first kappa shape index (κ1) is 17.7. The third kappa shape index (κ3) is 6.57. The highest BCUT2D eigenvalue weighted by Crippen LogP contribution is 1.99. The maximum absolute atomic E-state index is 11.5. The van der Waals surface area contributed by atoms with Crippen LogP contribution in [0.2, 0.25) is 0 Å². The Morgan fingerprint density at radius 3 is 2.25 bits per heavy atom. The Hall–Kier alpha value is -2.32. The van der Waals surface area contributed by atoms with E-state index in [9.17, 15) is 19.2 Å². The minimum atomic E-state index is -1.28. The molecule has 114 valence electrons. The van der Waals surface area contributed by atoms with Crippen molar-refractivity contribution in [1.82, 2.24) is 16.0 Å². The average molecular weight is 289 g/mol. The van der Waals surface area contributed by atoms with Gasteiger partial charge in [0.15, 0.2) is 0 Å². The van der Waals surface area contributed by atoms with Crippen LogP contribution in [0.3, 0.4) is 0 Å². The van der Waals surface area contributed by atoms with Crippen LogP contribution in [0, 0.1) is 0 Å². The Bertz CT molecular complexity index is 384. The van der Waals surface area contributed by atoms with E-state index < -0.39 is 36.0 Å². The topological polar surface area (TPSA) is 134 Å². The molecule has 3 amide bonds. The van der Waals surface area contributed by atoms with Crippen LogP contribution in [0.25, 0.3) is 0 Å². The second-order valence-electron chi connectivity index (χ2n) is 3.96. The summed E-state index contributed by atoms with van der Waals surface area (Å²) in [4.78, 5) is 44.6. The van der Waals surface area contributed by atoms with E-state index in [4.69, 9.17) is 5.11 Å². The fourth-order valence-electron chi connectivity index (χ4n) is 1.30. The molecule has 0 radical (unpaired) electrons. The third-order valence-electron chi connectivity index (χ3n) is 2.46. The van der Waals surface area contributed by atoms with Gasteiger partial charge in [0.05, 0.1) is 7.11 Å². The minimum Gasteiger partial charge on any atom is -0.480 e. The first-order valence-corrected chi connectivity index (χ1v) is 5.90. The molecule has 0 aromatic carbocycles. The summed E-state index contributed by atoms with van der Waals surface area (Å²) in [5.74, 6) is -2.27. The lowest BCUT2D eigenvalue weighted by Crippen LogP contribution is -2.52. The summed E-state index contributed by atoms with van der Waals surface area (Å²) in [7, 11) is 2.60. The Morgan fingerprint density at radius 2 is 1.80 bits per heavy atom. The van der Waals surface area contributed by atoms with Crippen molar-refractivity contribution in [2.75, 3.05) is 14.2 Å². The molecule has 0 heterocycles. The molecule has 0 rings (SSSR count). The first-order valence-electron chi connectivity index (χ1n) is 5.90. The molecule has 0 fully saturated rings. The summed E-state index contributed by atoms with van der Waals surface area (Å²) in [6, 6.07) is -2.86. The number of urea groups is 1. The standard InChI is InChI=1S/C11H19N3O6/c1-6(9(16)12-2)13-11(19)14-7(10(17)18)4-5-8(15)20-3/h6-7H,4-5H2,1-3H3,(H,12,16)(H,17,18)(H2,13,14,19)/t6?,7-/m0/s1. The number of esters is 1. The maximum atomic E-state index is 11.5. The van der Waals surface area contributed by atoms with E-state index >= 15 is 0 Å². The van der Waals surface area contributed by atoms with Crippen molar-refractivity contribution in [3.05, 3.63) is 0 Å². The molecule has 0 saturated heterocycles. The van der Waals surface area contributed by atoms with Crippen LogP contribution in [0.1, 0.15) is 19.8 Å². The monoisotopic (exact) mass is 289 g/mol. The van der Waals surface area contributed by atoms with Gasteiger partial charge in [-0.1, -0.05) is 0 Å². The lowest BCUT2D eigenvalue weighted by atomic mass is 10.1. The normalized spacial score (nSPS) is 12.8. The number of carboxylic acids is 1. The number of aliphatic carboxylic acids is 1. The summed E-state index contributed by atoms with van der Waals surface area (Å²) in [5.41, 5.74) is 0. The molecular formula is C11H19N3O6. The Balaban J connectivity index is 4.37. The van der Waals surface area contributed by atoms with Gasteiger partial charge in [-0.3, -0.25) is 9.59 Å². The van der Waals surface area contributed by atoms with Crippen LogP contribution in [0.5, 0.6) is 0 Å². The third-order valence-corrected chi connectivity index (χ3v) is 2.46. The largest absolute Gasteiger partial charge is 0.480 e. The zero-order chi connectivity index (χ0) is 15.7. The molecular weight excluding hydrogens is 270 g/mol. The number of amides is 3. The zero-order valence-corrected chi connectivity index (χ0v) is 11.6. The molecule has 0 aliphatic rings. The average Bonchev–Trinajstić information content (AvgIpc) is 2.41. The predicted octanol–water partition coefficient (Wildman–Crippen LogP) is -1.17. The van der Waals surface area contributed by atoms with E-state index in [2.05, 4.69) is 20.7 Å². The molecule has 4 N–H and O–H groups in total. The van der Waals surface area contributed by atoms with Crippen LogP contribution in [0.4, 0.5) is 4.79 Å². The smallest absolute Gasteiger partial charge is 0.326 e. The fourth-order valence-corrected chi connectivity index (χ4v) is 1.30. The highest BCUT2D eigenvalue weighted by Gasteiger charge is 2.22. The van der Waals surface area contributed by atoms with Crippen LogP contribution < -0.4 is 16.0 Å². The maximum Gasteiger partial charge on any atom is 0.326 e. The van der Waals surface area contributed by atoms with Crippen molar-refractivity contribution >= 4 is 23.9 Å². The Labute approximate surface area is 116 Å². The van der Waals surface area contributed by atoms with Gasteiger partial charge < -0.3 is 25.8 Å². The van der Waals surface area contributed by atoms with Crippen molar-refractivity contribution in [3.8, 4) is 0 Å². The zero-order valence-electron chi connectivity index (χ0n) is 11.6. The van der Waals surface area contributed by atoms with Gasteiger partial charge in [0.1, 0.15) is 12.1 Å². The molecule has 0 aliphatic heterocycles. The Kier molecular flexibility index (Phi) is 7.71. The van der Waals surface area contributed by atoms with E-state index in [1.54, 1.807) is 0 Å². The van der Waals surface area contributed by atoms with Gasteiger partial charge in [0.25, 0.3) is 0 Å². The van der Waals surface area contributed by atoms with Crippen molar-refractivity contribution < 1.29 is 29.0 Å². The second-order valence-corrected chi connectivity index (χ2v) is 3.96. The van der Waals surface area contributed by atoms with Gasteiger partial charge in [-0.15, -0.1) is 0 Å². The molecule has 0 spiro atoms. The molecule has 1 unspecified atom stereocenters. The quantitative estimate of drug-likeness (QED) is 0.436. The van der Waals surface area contributed by atoms with Crippen molar-refractivity contribution in [2.24, 2.45) is 0 Å². The summed E-state index contributed by atoms with van der Waals surface area (Å²) >= 11 is 0. The van der Waals surface area contributed by atoms with Gasteiger partial charge in [-0.2, -0.15) is 0 Å². The van der Waals surface area contributed by atoms with E-state index in [0.717, 1.165) is 0 Å². The number of methoxy groups -OCH3 is 1. The number of carbonyl (C=O) groups excluding carboxylic acids is 3. The molecule has 2 atom stereocenters. The summed E-state index contributed by atoms with van der Waals surface area (Å²) in [5, 5.41) is 15.7. The lowest BCUT2D eigenvalue weighted by molar-refractivity contribution is -0.142. The summed E-state index contributed by atoms with van der Waals surface area (Å²) in [6.45, 7) is 1.45. The molecule has 9 heteroatoms. The van der Waals surface area contributed by atoms with Crippen molar-refractivity contribution in [1.29, 1.82) is 0 Å². The SMILES string of the molecule is CNC(=O)C(C)NC(=O)N[C@@H](CCC(=O)OC)C(=O)O. The Morgan fingerprint density at radius 1 is 1.20 bits per heavy atom. The summed E-state index contributed by atoms with van der Waals surface area (Å²) < 4.78 is 4.38. The number of rotatable bonds is 7. The molecule has 0 aliphatic carbocycles. The molecule has 9 nitrogen and oxygen atoms in total. The highest BCUT2D eigenvalue weighted by molar-refractivity contribution is 5.88. The van der Waals surface area contributed by atoms with E-state index in [1.165, 1.54) is 21.1 Å². The van der Waals surface area contributed by atoms with Gasteiger partial charge in [-0.05, 0) is 13.3 Å². The predicted molar refractivity (Wildman–Crippen MR) is 67.9 cm³/mol. The van der Waals surface area contributed by atoms with Crippen LogP contribution in [-0.4, -0.2) is 55.2 Å². The van der Waals surface area contributed by atoms with Crippen molar-refractivity contribution in [2.45, 2.75) is 31.8 Å². The van der Waals surface area contributed by atoms with Gasteiger partial charge in [0, 0.05) is 13.5 Å². The van der Waals surface area contributed by atoms with Gasteiger partial charge >= 0.3 is 18.0 Å². The first-order chi connectivity index (χ1) is 9.31. The van der Waals surface area contributed by atoms with Crippen LogP contribution in [-0.2, 0) is 19.1 Å². The van der Waals surface area contributed by atoms with Crippen LogP contribution in [0.15, 0.2) is 0 Å². The highest BCUT2D eigenvalue weighted by atomic mass is 16.5. The minimum absolute atomic E-state index is 0.107. The molecule has 0 aromatic heterocycles. The summed E-state index contributed by atoms with van der Waals surface area (Å²) in [6.07, 6.45) is -0.247. The van der Waals surface area contributed by atoms with Crippen molar-refractivity contribution in [3.63, 3.8) is 0 Å². The molecule has 0 aromatic rings. The van der Waals surface area contributed by atoms with E-state index in [1.807, 2.05) is 0 Å². The van der Waals surface area contributed by atoms with Gasteiger partial charge in [-0.25, -0.2) is 9.59 Å². The number of hydrogen-bond acceptors (Lipinski definition) is 5. The van der Waals surface area contributed by atoms with Gasteiger partial charge in [0.2, 0.25) is 5.91 Å². The number of ether oxygens (including phenoxy) is 1. The second kappa shape index (κ2) is 8.73. The molecule has 20 heavy (non-hydrogen) atoms.